The van der Waals surface area contributed by atoms with Gasteiger partial charge in [0.25, 0.3) is 0 Å². The smallest absolute Gasteiger partial charge is 0.123 e. The molecule has 17 heavy (non-hydrogen) atoms. The van der Waals surface area contributed by atoms with Crippen LogP contribution in [0.25, 0.3) is 10.4 Å². The molecule has 0 bridgehead atoms. The predicted octanol–water partition coefficient (Wildman–Crippen LogP) is 3.80. The van der Waals surface area contributed by atoms with E-state index >= 15 is 0 Å². The minimum atomic E-state index is 0.778. The van der Waals surface area contributed by atoms with E-state index in [4.69, 9.17) is 16.3 Å². The molecule has 0 saturated carbocycles. The maximum Gasteiger partial charge on any atom is 0.123 e. The van der Waals surface area contributed by atoms with Gasteiger partial charge in [-0.05, 0) is 42.3 Å². The van der Waals surface area contributed by atoms with E-state index in [1.54, 1.807) is 18.4 Å². The van der Waals surface area contributed by atoms with Crippen molar-refractivity contribution in [1.29, 1.82) is 0 Å². The van der Waals surface area contributed by atoms with Crippen molar-refractivity contribution in [3.05, 3.63) is 40.2 Å². The molecule has 2 aromatic rings. The van der Waals surface area contributed by atoms with E-state index in [-0.39, 0.29) is 0 Å². The topological polar surface area (TPSA) is 21.3 Å². The van der Waals surface area contributed by atoms with E-state index in [0.29, 0.717) is 0 Å². The molecule has 1 aromatic carbocycles. The van der Waals surface area contributed by atoms with Crippen LogP contribution in [0, 0.1) is 0 Å². The maximum atomic E-state index is 6.14. The van der Waals surface area contributed by atoms with Crippen molar-refractivity contribution in [2.45, 2.75) is 6.54 Å². The molecule has 0 amide bonds. The van der Waals surface area contributed by atoms with Gasteiger partial charge in [-0.15, -0.1) is 11.3 Å². The van der Waals surface area contributed by atoms with Gasteiger partial charge in [0, 0.05) is 12.1 Å². The quantitative estimate of drug-likeness (QED) is 0.910. The Labute approximate surface area is 110 Å². The third kappa shape index (κ3) is 2.63. The molecular formula is C13H14ClNOS. The van der Waals surface area contributed by atoms with Gasteiger partial charge in [0.2, 0.25) is 0 Å². The van der Waals surface area contributed by atoms with Crippen LogP contribution < -0.4 is 10.1 Å². The van der Waals surface area contributed by atoms with Crippen LogP contribution >= 0.6 is 22.9 Å². The molecular weight excluding hydrogens is 254 g/mol. The number of halogens is 1. The highest BCUT2D eigenvalue weighted by Gasteiger charge is 2.08. The van der Waals surface area contributed by atoms with E-state index < -0.39 is 0 Å². The fourth-order valence-electron chi connectivity index (χ4n) is 1.75. The average Bonchev–Trinajstić information content (AvgIpc) is 2.76. The van der Waals surface area contributed by atoms with Crippen LogP contribution in [-0.2, 0) is 6.54 Å². The molecule has 0 fully saturated rings. The van der Waals surface area contributed by atoms with E-state index in [9.17, 15) is 0 Å². The van der Waals surface area contributed by atoms with E-state index in [0.717, 1.165) is 33.3 Å². The Morgan fingerprint density at radius 1 is 1.35 bits per heavy atom. The number of hydrogen-bond acceptors (Lipinski definition) is 3. The summed E-state index contributed by atoms with van der Waals surface area (Å²) in [6.07, 6.45) is 0. The minimum Gasteiger partial charge on any atom is -0.496 e. The highest BCUT2D eigenvalue weighted by Crippen LogP contribution is 2.35. The Morgan fingerprint density at radius 3 is 2.76 bits per heavy atom. The largest absolute Gasteiger partial charge is 0.496 e. The highest BCUT2D eigenvalue weighted by molar-refractivity contribution is 7.14. The molecule has 2 rings (SSSR count). The second-order valence-electron chi connectivity index (χ2n) is 3.65. The zero-order valence-corrected chi connectivity index (χ0v) is 11.4. The van der Waals surface area contributed by atoms with Crippen molar-refractivity contribution in [3.8, 4) is 16.2 Å². The highest BCUT2D eigenvalue weighted by atomic mass is 35.5. The molecule has 1 heterocycles. The fraction of sp³-hybridized carbons (Fsp3) is 0.231. The Kier molecular flexibility index (Phi) is 4.05. The first-order valence-corrected chi connectivity index (χ1v) is 6.57. The summed E-state index contributed by atoms with van der Waals surface area (Å²) in [6.45, 7) is 0.778. The summed E-state index contributed by atoms with van der Waals surface area (Å²) in [5.41, 5.74) is 2.27. The minimum absolute atomic E-state index is 0.778. The molecule has 2 nitrogen and oxygen atoms in total. The van der Waals surface area contributed by atoms with Gasteiger partial charge >= 0.3 is 0 Å². The second-order valence-corrected chi connectivity index (χ2v) is 4.98. The van der Waals surface area contributed by atoms with Gasteiger partial charge in [-0.1, -0.05) is 11.6 Å². The predicted molar refractivity (Wildman–Crippen MR) is 74.1 cm³/mol. The lowest BCUT2D eigenvalue weighted by atomic mass is 10.1. The van der Waals surface area contributed by atoms with E-state index in [2.05, 4.69) is 11.4 Å². The molecule has 0 aliphatic carbocycles. The number of hydrogen-bond donors (Lipinski definition) is 1. The molecule has 1 N–H and O–H groups in total. The third-order valence-corrected chi connectivity index (χ3v) is 3.92. The number of rotatable bonds is 4. The number of ether oxygens (including phenoxy) is 1. The molecule has 0 unspecified atom stereocenters. The van der Waals surface area contributed by atoms with Crippen LogP contribution in [0.3, 0.4) is 0 Å². The van der Waals surface area contributed by atoms with Crippen molar-refractivity contribution in [1.82, 2.24) is 5.32 Å². The number of methoxy groups -OCH3 is 1. The van der Waals surface area contributed by atoms with Crippen molar-refractivity contribution < 1.29 is 4.74 Å². The molecule has 0 radical (unpaired) electrons. The molecule has 0 spiro atoms. The van der Waals surface area contributed by atoms with Gasteiger partial charge in [-0.2, -0.15) is 0 Å². The summed E-state index contributed by atoms with van der Waals surface area (Å²) in [7, 11) is 3.61. The van der Waals surface area contributed by atoms with Crippen LogP contribution in [0.1, 0.15) is 5.56 Å². The first-order chi connectivity index (χ1) is 8.26. The van der Waals surface area contributed by atoms with Gasteiger partial charge < -0.3 is 10.1 Å². The van der Waals surface area contributed by atoms with Crippen LogP contribution in [-0.4, -0.2) is 14.2 Å². The van der Waals surface area contributed by atoms with Crippen molar-refractivity contribution in [2.75, 3.05) is 14.2 Å². The zero-order chi connectivity index (χ0) is 12.3. The van der Waals surface area contributed by atoms with Crippen molar-refractivity contribution in [2.24, 2.45) is 0 Å². The monoisotopic (exact) mass is 267 g/mol. The van der Waals surface area contributed by atoms with E-state index in [1.807, 2.05) is 30.6 Å². The zero-order valence-electron chi connectivity index (χ0n) is 9.79. The summed E-state index contributed by atoms with van der Waals surface area (Å²) in [5, 5.41) is 5.94. The first-order valence-electron chi connectivity index (χ1n) is 5.31. The van der Waals surface area contributed by atoms with Gasteiger partial charge in [0.1, 0.15) is 5.75 Å². The Hall–Kier alpha value is -1.03. The molecule has 4 heteroatoms. The Morgan fingerprint density at radius 2 is 2.18 bits per heavy atom. The lowest BCUT2D eigenvalue weighted by molar-refractivity contribution is 0.408. The normalized spacial score (nSPS) is 10.5. The van der Waals surface area contributed by atoms with Gasteiger partial charge in [0.05, 0.1) is 17.0 Å². The molecule has 0 aliphatic rings. The lowest BCUT2D eigenvalue weighted by Gasteiger charge is -2.10. The van der Waals surface area contributed by atoms with Crippen molar-refractivity contribution in [3.63, 3.8) is 0 Å². The molecule has 0 aliphatic heterocycles. The standard InChI is InChI=1S/C13H14ClNOS/c1-15-8-10-7-9(3-4-12(10)16-2)13-11(14)5-6-17-13/h3-7,15H,8H2,1-2H3. The maximum absolute atomic E-state index is 6.14. The number of thiophene rings is 1. The first kappa shape index (κ1) is 12.4. The fourth-order valence-corrected chi connectivity index (χ4v) is 2.91. The summed E-state index contributed by atoms with van der Waals surface area (Å²) < 4.78 is 5.33. The summed E-state index contributed by atoms with van der Waals surface area (Å²) >= 11 is 7.79. The summed E-state index contributed by atoms with van der Waals surface area (Å²) in [4.78, 5) is 1.10. The SMILES string of the molecule is CNCc1cc(-c2sccc2Cl)ccc1OC. The van der Waals surface area contributed by atoms with Crippen LogP contribution in [0.5, 0.6) is 5.75 Å². The summed E-state index contributed by atoms with van der Waals surface area (Å²) in [5.74, 6) is 0.899. The van der Waals surface area contributed by atoms with Crippen LogP contribution in [0.15, 0.2) is 29.6 Å². The third-order valence-electron chi connectivity index (χ3n) is 2.53. The van der Waals surface area contributed by atoms with E-state index in [1.165, 1.54) is 0 Å². The Bertz CT molecular complexity index is 510. The van der Waals surface area contributed by atoms with Gasteiger partial charge in [0.15, 0.2) is 0 Å². The van der Waals surface area contributed by atoms with Crippen molar-refractivity contribution >= 4 is 22.9 Å². The summed E-state index contributed by atoms with van der Waals surface area (Å²) in [6, 6.07) is 8.06. The number of benzene rings is 1. The molecule has 1 aromatic heterocycles. The Balaban J connectivity index is 2.43. The number of nitrogens with one attached hydrogen (secondary N) is 1. The lowest BCUT2D eigenvalue weighted by Crippen LogP contribution is -2.06. The second kappa shape index (κ2) is 5.54. The molecule has 0 saturated heterocycles. The van der Waals surface area contributed by atoms with Gasteiger partial charge in [-0.3, -0.25) is 0 Å². The van der Waals surface area contributed by atoms with Crippen LogP contribution in [0.2, 0.25) is 5.02 Å². The molecule has 0 atom stereocenters. The molecule has 90 valence electrons. The van der Waals surface area contributed by atoms with Gasteiger partial charge in [-0.25, -0.2) is 0 Å². The average molecular weight is 268 g/mol. The van der Waals surface area contributed by atoms with Crippen LogP contribution in [0.4, 0.5) is 0 Å².